The highest BCUT2D eigenvalue weighted by atomic mass is 19.4. The molecule has 2 aromatic rings. The predicted octanol–water partition coefficient (Wildman–Crippen LogP) is 4.45. The summed E-state index contributed by atoms with van der Waals surface area (Å²) >= 11 is 0. The Labute approximate surface area is 111 Å². The number of aldehydes is 1. The first-order chi connectivity index (χ1) is 9.40. The number of rotatable bonds is 3. The Bertz CT molecular complexity index is 635. The Morgan fingerprint density at radius 2 is 1.80 bits per heavy atom. The normalized spacial score (nSPS) is 11.2. The van der Waals surface area contributed by atoms with Crippen LogP contribution in [0.1, 0.15) is 15.9 Å². The van der Waals surface area contributed by atoms with Crippen molar-refractivity contribution in [3.05, 3.63) is 59.4 Å². The van der Waals surface area contributed by atoms with E-state index in [4.69, 9.17) is 4.74 Å². The SMILES string of the molecule is O=Cc1ccc(Oc2cccc(C(F)(F)F)c2)c(F)c1. The highest BCUT2D eigenvalue weighted by Crippen LogP contribution is 2.33. The molecule has 0 radical (unpaired) electrons. The molecular formula is C14H8F4O2. The Kier molecular flexibility index (Phi) is 3.74. The summed E-state index contributed by atoms with van der Waals surface area (Å²) in [7, 11) is 0. The fourth-order valence-corrected chi connectivity index (χ4v) is 1.54. The molecule has 0 saturated heterocycles. The third kappa shape index (κ3) is 3.14. The van der Waals surface area contributed by atoms with Crippen molar-refractivity contribution in [1.82, 2.24) is 0 Å². The van der Waals surface area contributed by atoms with Gasteiger partial charge in [0.25, 0.3) is 0 Å². The van der Waals surface area contributed by atoms with E-state index in [2.05, 4.69) is 0 Å². The zero-order valence-corrected chi connectivity index (χ0v) is 9.95. The number of benzene rings is 2. The molecule has 0 aliphatic heterocycles. The Morgan fingerprint density at radius 1 is 1.05 bits per heavy atom. The molecule has 2 rings (SSSR count). The van der Waals surface area contributed by atoms with Gasteiger partial charge in [0.1, 0.15) is 12.0 Å². The van der Waals surface area contributed by atoms with Crippen LogP contribution in [0.4, 0.5) is 17.6 Å². The van der Waals surface area contributed by atoms with Crippen LogP contribution in [0, 0.1) is 5.82 Å². The van der Waals surface area contributed by atoms with Crippen LogP contribution in [0.15, 0.2) is 42.5 Å². The molecule has 0 aliphatic rings. The van der Waals surface area contributed by atoms with Gasteiger partial charge in [0, 0.05) is 5.56 Å². The molecule has 0 unspecified atom stereocenters. The van der Waals surface area contributed by atoms with E-state index >= 15 is 0 Å². The van der Waals surface area contributed by atoms with Gasteiger partial charge in [0.05, 0.1) is 5.56 Å². The number of halogens is 4. The largest absolute Gasteiger partial charge is 0.454 e. The molecule has 2 aromatic carbocycles. The summed E-state index contributed by atoms with van der Waals surface area (Å²) < 4.78 is 56.2. The highest BCUT2D eigenvalue weighted by molar-refractivity contribution is 5.75. The second kappa shape index (κ2) is 5.32. The van der Waals surface area contributed by atoms with Gasteiger partial charge >= 0.3 is 6.18 Å². The van der Waals surface area contributed by atoms with E-state index in [-0.39, 0.29) is 17.1 Å². The molecule has 104 valence electrons. The van der Waals surface area contributed by atoms with Crippen LogP contribution in [-0.2, 0) is 6.18 Å². The minimum atomic E-state index is -4.50. The summed E-state index contributed by atoms with van der Waals surface area (Å²) in [5.74, 6) is -1.22. The van der Waals surface area contributed by atoms with Crippen molar-refractivity contribution in [2.75, 3.05) is 0 Å². The molecule has 0 aliphatic carbocycles. The maximum Gasteiger partial charge on any atom is 0.416 e. The lowest BCUT2D eigenvalue weighted by Crippen LogP contribution is -2.04. The maximum absolute atomic E-state index is 13.6. The van der Waals surface area contributed by atoms with E-state index in [0.717, 1.165) is 24.3 Å². The summed E-state index contributed by atoms with van der Waals surface area (Å²) in [6.07, 6.45) is -4.05. The number of carbonyl (C=O) groups is 1. The smallest absolute Gasteiger partial charge is 0.416 e. The number of carbonyl (C=O) groups excluding carboxylic acids is 1. The van der Waals surface area contributed by atoms with Gasteiger partial charge in [-0.1, -0.05) is 6.07 Å². The Hall–Kier alpha value is -2.37. The predicted molar refractivity (Wildman–Crippen MR) is 63.3 cm³/mol. The summed E-state index contributed by atoms with van der Waals surface area (Å²) in [4.78, 5) is 10.5. The minimum Gasteiger partial charge on any atom is -0.454 e. The zero-order chi connectivity index (χ0) is 14.8. The van der Waals surface area contributed by atoms with Gasteiger partial charge < -0.3 is 4.74 Å². The molecule has 0 heterocycles. The topological polar surface area (TPSA) is 26.3 Å². The van der Waals surface area contributed by atoms with Gasteiger partial charge in [-0.2, -0.15) is 13.2 Å². The molecule has 2 nitrogen and oxygen atoms in total. The Balaban J connectivity index is 2.28. The lowest BCUT2D eigenvalue weighted by atomic mass is 10.2. The van der Waals surface area contributed by atoms with Crippen molar-refractivity contribution in [2.24, 2.45) is 0 Å². The van der Waals surface area contributed by atoms with Crippen LogP contribution in [0.25, 0.3) is 0 Å². The molecule has 0 atom stereocenters. The minimum absolute atomic E-state index is 0.110. The molecule has 0 amide bonds. The highest BCUT2D eigenvalue weighted by Gasteiger charge is 2.30. The van der Waals surface area contributed by atoms with Gasteiger partial charge in [-0.15, -0.1) is 0 Å². The van der Waals surface area contributed by atoms with Gasteiger partial charge in [0.15, 0.2) is 11.6 Å². The first-order valence-electron chi connectivity index (χ1n) is 5.50. The van der Waals surface area contributed by atoms with Gasteiger partial charge in [-0.3, -0.25) is 4.79 Å². The van der Waals surface area contributed by atoms with E-state index in [9.17, 15) is 22.4 Å². The van der Waals surface area contributed by atoms with Crippen molar-refractivity contribution in [1.29, 1.82) is 0 Å². The summed E-state index contributed by atoms with van der Waals surface area (Å²) in [5.41, 5.74) is -0.779. The van der Waals surface area contributed by atoms with Crippen LogP contribution in [0.5, 0.6) is 11.5 Å². The van der Waals surface area contributed by atoms with Crippen molar-refractivity contribution in [3.8, 4) is 11.5 Å². The number of ether oxygens (including phenoxy) is 1. The van der Waals surface area contributed by atoms with Crippen LogP contribution in [0.2, 0.25) is 0 Å². The fraction of sp³-hybridized carbons (Fsp3) is 0.0714. The number of hydrogen-bond acceptors (Lipinski definition) is 2. The maximum atomic E-state index is 13.6. The van der Waals surface area contributed by atoms with E-state index in [1.165, 1.54) is 18.2 Å². The third-order valence-corrected chi connectivity index (χ3v) is 2.48. The van der Waals surface area contributed by atoms with Crippen molar-refractivity contribution >= 4 is 6.29 Å². The molecule has 0 aromatic heterocycles. The van der Waals surface area contributed by atoms with Crippen LogP contribution >= 0.6 is 0 Å². The number of alkyl halides is 3. The van der Waals surface area contributed by atoms with Crippen LogP contribution < -0.4 is 4.74 Å². The van der Waals surface area contributed by atoms with E-state index < -0.39 is 17.6 Å². The van der Waals surface area contributed by atoms with Crippen molar-refractivity contribution < 1.29 is 27.1 Å². The van der Waals surface area contributed by atoms with E-state index in [1.54, 1.807) is 0 Å². The van der Waals surface area contributed by atoms with E-state index in [1.807, 2.05) is 0 Å². The number of hydrogen-bond donors (Lipinski definition) is 0. The fourth-order valence-electron chi connectivity index (χ4n) is 1.54. The quantitative estimate of drug-likeness (QED) is 0.615. The zero-order valence-electron chi connectivity index (χ0n) is 9.95. The second-order valence-electron chi connectivity index (χ2n) is 3.94. The molecule has 0 bridgehead atoms. The van der Waals surface area contributed by atoms with Gasteiger partial charge in [0.2, 0.25) is 0 Å². The van der Waals surface area contributed by atoms with Gasteiger partial charge in [-0.05, 0) is 36.4 Å². The second-order valence-corrected chi connectivity index (χ2v) is 3.94. The first-order valence-corrected chi connectivity index (χ1v) is 5.50. The lowest BCUT2D eigenvalue weighted by Gasteiger charge is -2.10. The summed E-state index contributed by atoms with van der Waals surface area (Å²) in [5, 5.41) is 0. The van der Waals surface area contributed by atoms with Gasteiger partial charge in [-0.25, -0.2) is 4.39 Å². The Morgan fingerprint density at radius 3 is 2.40 bits per heavy atom. The molecule has 6 heteroatoms. The lowest BCUT2D eigenvalue weighted by molar-refractivity contribution is -0.137. The standard InChI is InChI=1S/C14H8F4O2/c15-12-6-9(8-19)4-5-13(12)20-11-3-1-2-10(7-11)14(16,17)18/h1-8H. The average molecular weight is 284 g/mol. The molecule has 0 N–H and O–H groups in total. The first kappa shape index (κ1) is 14.0. The van der Waals surface area contributed by atoms with Crippen LogP contribution in [0.3, 0.4) is 0 Å². The molecule has 0 saturated carbocycles. The van der Waals surface area contributed by atoms with Crippen LogP contribution in [-0.4, -0.2) is 6.29 Å². The van der Waals surface area contributed by atoms with E-state index in [0.29, 0.717) is 6.29 Å². The third-order valence-electron chi connectivity index (χ3n) is 2.48. The average Bonchev–Trinajstić information content (AvgIpc) is 2.40. The van der Waals surface area contributed by atoms with Crippen molar-refractivity contribution in [3.63, 3.8) is 0 Å². The summed E-state index contributed by atoms with van der Waals surface area (Å²) in [6, 6.07) is 7.53. The summed E-state index contributed by atoms with van der Waals surface area (Å²) in [6.45, 7) is 0. The van der Waals surface area contributed by atoms with Crippen molar-refractivity contribution in [2.45, 2.75) is 6.18 Å². The molecule has 0 fully saturated rings. The monoisotopic (exact) mass is 284 g/mol. The molecule has 0 spiro atoms. The molecular weight excluding hydrogens is 276 g/mol. The molecule has 20 heavy (non-hydrogen) atoms.